The normalized spacial score (nSPS) is 22.9. The number of likely N-dealkylation sites (N-methyl/N-ethyl adjacent to an activating group) is 1. The van der Waals surface area contributed by atoms with Gasteiger partial charge in [-0.05, 0) is 50.4 Å². The van der Waals surface area contributed by atoms with Crippen LogP contribution < -0.4 is 15.5 Å². The van der Waals surface area contributed by atoms with Crippen molar-refractivity contribution in [1.29, 1.82) is 5.26 Å². The number of nitrogen functional groups attached to an aromatic ring is 1. The molecule has 3 fully saturated rings. The van der Waals surface area contributed by atoms with Gasteiger partial charge < -0.3 is 25.4 Å². The van der Waals surface area contributed by atoms with Crippen molar-refractivity contribution >= 4 is 49.1 Å². The maximum atomic E-state index is 17.6. The highest BCUT2D eigenvalue weighted by molar-refractivity contribution is 7.23. The van der Waals surface area contributed by atoms with E-state index < -0.39 is 17.7 Å². The van der Waals surface area contributed by atoms with E-state index in [4.69, 9.17) is 20.4 Å². The molecule has 3 N–H and O–H groups in total. The quantitative estimate of drug-likeness (QED) is 0.269. The fourth-order valence-electron chi connectivity index (χ4n) is 8.78. The van der Waals surface area contributed by atoms with Gasteiger partial charge in [0.2, 0.25) is 5.95 Å². The van der Waals surface area contributed by atoms with Crippen LogP contribution in [0.1, 0.15) is 56.7 Å². The zero-order valence-corrected chi connectivity index (χ0v) is 28.9. The largest absolute Gasteiger partial charge is 0.392 e. The Labute approximate surface area is 287 Å². The summed E-state index contributed by atoms with van der Waals surface area (Å²) in [7, 11) is 0. The number of likely N-dealkylation sites (tertiary alicyclic amines) is 1. The van der Waals surface area contributed by atoms with Crippen molar-refractivity contribution in [2.24, 2.45) is 0 Å². The first-order valence-corrected chi connectivity index (χ1v) is 18.1. The number of anilines is 3. The SMILES string of the molecule is CCN(CC)[C@H]1CCN(c2nc(N3C4CCC3CN(C[C@@H](C)O)C4)c3c4c(c(-c5ncc(F)c6sc(N)c(C#N)c56)c(F)c3n2)COC4)C1. The summed E-state index contributed by atoms with van der Waals surface area (Å²) < 4.78 is 38.8. The molecule has 4 atom stereocenters. The van der Waals surface area contributed by atoms with Crippen molar-refractivity contribution in [2.75, 3.05) is 61.3 Å². The molecule has 0 saturated carbocycles. The average molecular weight is 690 g/mol. The Morgan fingerprint density at radius 2 is 1.84 bits per heavy atom. The molecule has 0 aliphatic carbocycles. The molecule has 0 amide bonds. The molecule has 0 spiro atoms. The number of pyridine rings is 1. The number of nitriles is 1. The number of nitrogens with zero attached hydrogens (tertiary/aromatic N) is 8. The fourth-order valence-corrected chi connectivity index (χ4v) is 9.70. The molecular weight excluding hydrogens is 649 g/mol. The number of β-amino-alcohol motifs (C(OH)–C–C–N with tert-alkyl or cyclic N) is 1. The van der Waals surface area contributed by atoms with Gasteiger partial charge in [0.25, 0.3) is 0 Å². The Hall–Kier alpha value is -3.74. The highest BCUT2D eigenvalue weighted by Gasteiger charge is 2.43. The lowest BCUT2D eigenvalue weighted by Gasteiger charge is -2.42. The molecule has 0 radical (unpaired) electrons. The van der Waals surface area contributed by atoms with Crippen molar-refractivity contribution in [1.82, 2.24) is 24.8 Å². The standard InChI is InChI=1S/C35H41F2N9O2S/c1-4-44(5-2)19-8-9-45(15-19)35-41-31-28(34(42-35)46-20-6-7-21(46)14-43(13-20)12-18(3)47)24-17-48-16-23(24)26(29(31)37)30-27-22(10-38)33(39)49-32(27)25(36)11-40-30/h11,18-21,47H,4-9,12-17,39H2,1-3H3/t18-,19+,20?,21?/m1/s1. The van der Waals surface area contributed by atoms with Gasteiger partial charge in [0, 0.05) is 61.8 Å². The molecule has 1 aromatic carbocycles. The first-order chi connectivity index (χ1) is 23.7. The number of aliphatic hydroxyl groups excluding tert-OH is 1. The van der Waals surface area contributed by atoms with E-state index in [1.807, 2.05) is 6.92 Å². The Bertz CT molecular complexity index is 1980. The number of thiophene rings is 1. The van der Waals surface area contributed by atoms with Crippen LogP contribution in [-0.4, -0.2) is 99.9 Å². The summed E-state index contributed by atoms with van der Waals surface area (Å²) in [6.45, 7) is 12.1. The molecule has 3 aromatic heterocycles. The van der Waals surface area contributed by atoms with E-state index in [-0.39, 0.29) is 62.7 Å². The van der Waals surface area contributed by atoms with Crippen LogP contribution in [0, 0.1) is 23.0 Å². The molecule has 3 saturated heterocycles. The maximum absolute atomic E-state index is 17.6. The van der Waals surface area contributed by atoms with E-state index in [2.05, 4.69) is 44.5 Å². The van der Waals surface area contributed by atoms with Gasteiger partial charge in [0.05, 0.1) is 46.9 Å². The highest BCUT2D eigenvalue weighted by atomic mass is 32.1. The second kappa shape index (κ2) is 12.5. The first-order valence-electron chi connectivity index (χ1n) is 17.3. The van der Waals surface area contributed by atoms with Crippen molar-refractivity contribution in [3.05, 3.63) is 34.5 Å². The summed E-state index contributed by atoms with van der Waals surface area (Å²) in [6.07, 6.45) is 3.55. The van der Waals surface area contributed by atoms with E-state index in [0.29, 0.717) is 29.5 Å². The Morgan fingerprint density at radius 3 is 2.53 bits per heavy atom. The lowest BCUT2D eigenvalue weighted by atomic mass is 9.93. The zero-order valence-electron chi connectivity index (χ0n) is 28.0. The molecule has 4 aromatic rings. The van der Waals surface area contributed by atoms with Gasteiger partial charge in [0.15, 0.2) is 11.6 Å². The van der Waals surface area contributed by atoms with E-state index in [1.54, 1.807) is 0 Å². The number of nitrogens with two attached hydrogens (primary N) is 1. The predicted octanol–water partition coefficient (Wildman–Crippen LogP) is 4.62. The Kier molecular flexibility index (Phi) is 8.31. The van der Waals surface area contributed by atoms with Gasteiger partial charge in [-0.15, -0.1) is 11.3 Å². The molecule has 2 unspecified atom stereocenters. The number of ether oxygens (including phenoxy) is 1. The minimum absolute atomic E-state index is 0.0874. The first kappa shape index (κ1) is 32.5. The number of hydrogen-bond acceptors (Lipinski definition) is 12. The van der Waals surface area contributed by atoms with Crippen molar-refractivity contribution in [3.63, 3.8) is 0 Å². The number of fused-ring (bicyclic) bond motifs is 6. The van der Waals surface area contributed by atoms with Gasteiger partial charge in [-0.2, -0.15) is 10.2 Å². The fraction of sp³-hybridized carbons (Fsp3) is 0.543. The topological polar surface area (TPSA) is 131 Å². The number of rotatable bonds is 8. The van der Waals surface area contributed by atoms with Crippen LogP contribution in [-0.2, 0) is 18.0 Å². The van der Waals surface area contributed by atoms with Crippen molar-refractivity contribution in [3.8, 4) is 17.3 Å². The smallest absolute Gasteiger partial charge is 0.228 e. The third-order valence-corrected chi connectivity index (χ3v) is 11.9. The third-order valence-electron chi connectivity index (χ3n) is 10.9. The van der Waals surface area contributed by atoms with Crippen molar-refractivity contribution < 1.29 is 18.6 Å². The third kappa shape index (κ3) is 5.20. The monoisotopic (exact) mass is 689 g/mol. The minimum Gasteiger partial charge on any atom is -0.392 e. The molecule has 7 heterocycles. The van der Waals surface area contributed by atoms with Gasteiger partial charge in [-0.1, -0.05) is 13.8 Å². The Morgan fingerprint density at radius 1 is 1.10 bits per heavy atom. The number of hydrogen-bond donors (Lipinski definition) is 2. The maximum Gasteiger partial charge on any atom is 0.228 e. The summed E-state index contributed by atoms with van der Waals surface area (Å²) in [5.74, 6) is 0.0107. The molecule has 2 bridgehead atoms. The van der Waals surface area contributed by atoms with E-state index in [0.717, 1.165) is 87.4 Å². The van der Waals surface area contributed by atoms with Crippen LogP contribution >= 0.6 is 11.3 Å². The predicted molar refractivity (Wildman–Crippen MR) is 187 cm³/mol. The van der Waals surface area contributed by atoms with E-state index in [9.17, 15) is 10.4 Å². The Balaban J connectivity index is 1.35. The molecular formula is C35H41F2N9O2S. The molecule has 4 aliphatic rings. The molecule has 258 valence electrons. The van der Waals surface area contributed by atoms with Crippen LogP contribution in [0.4, 0.5) is 25.5 Å². The highest BCUT2D eigenvalue weighted by Crippen LogP contribution is 2.48. The van der Waals surface area contributed by atoms with Crippen LogP contribution in [0.5, 0.6) is 0 Å². The molecule has 8 rings (SSSR count). The van der Waals surface area contributed by atoms with Crippen LogP contribution in [0.2, 0.25) is 0 Å². The van der Waals surface area contributed by atoms with Crippen LogP contribution in [0.15, 0.2) is 6.20 Å². The van der Waals surface area contributed by atoms with Gasteiger partial charge in [0.1, 0.15) is 22.4 Å². The number of aromatic nitrogens is 3. The lowest BCUT2D eigenvalue weighted by molar-refractivity contribution is 0.111. The van der Waals surface area contributed by atoms with Crippen LogP contribution in [0.3, 0.4) is 0 Å². The second-order valence-electron chi connectivity index (χ2n) is 13.8. The summed E-state index contributed by atoms with van der Waals surface area (Å²) in [5, 5.41) is 21.2. The van der Waals surface area contributed by atoms with E-state index >= 15 is 8.78 Å². The van der Waals surface area contributed by atoms with Crippen LogP contribution in [0.25, 0.3) is 32.2 Å². The van der Waals surface area contributed by atoms with Gasteiger partial charge in [-0.25, -0.2) is 13.8 Å². The summed E-state index contributed by atoms with van der Waals surface area (Å²) in [4.78, 5) is 24.0. The number of benzene rings is 1. The van der Waals surface area contributed by atoms with Gasteiger partial charge in [-0.3, -0.25) is 14.8 Å². The molecule has 4 aliphatic heterocycles. The summed E-state index contributed by atoms with van der Waals surface area (Å²) >= 11 is 0.963. The molecule has 14 heteroatoms. The van der Waals surface area contributed by atoms with Gasteiger partial charge >= 0.3 is 0 Å². The average Bonchev–Trinajstić information content (AvgIpc) is 3.87. The summed E-state index contributed by atoms with van der Waals surface area (Å²) in [5.41, 5.74) is 8.17. The van der Waals surface area contributed by atoms with E-state index in [1.165, 1.54) is 0 Å². The minimum atomic E-state index is -0.611. The molecule has 49 heavy (non-hydrogen) atoms. The second-order valence-corrected chi connectivity index (χ2v) is 14.8. The number of aliphatic hydroxyl groups is 1. The van der Waals surface area contributed by atoms with Crippen molar-refractivity contribution in [2.45, 2.75) is 77.5 Å². The number of piperazine rings is 1. The molecule has 11 nitrogen and oxygen atoms in total. The summed E-state index contributed by atoms with van der Waals surface area (Å²) in [6, 6.07) is 2.74. The lowest BCUT2D eigenvalue weighted by Crippen LogP contribution is -2.55. The zero-order chi connectivity index (χ0) is 34.1. The number of halogens is 2.